The standard InChI is InChI=1S/C39H67NO5/c1-4-5-6-7-8-11-15-18-24-29-36(31-37(41)40-32-39(43)44-33-35-27-22-20-23-28-35)45-38(42)30-25-19-16-13-10-9-12-14-17-21-26-34(2)3/h20,22-23,27-28,34,36H,4-19,21,24-26,29-33H2,1-3H3,(H,40,41). The fraction of sp³-hybridized carbons (Fsp3) is 0.769. The third-order valence-corrected chi connectivity index (χ3v) is 8.43. The number of ether oxygens (including phenoxy) is 2. The van der Waals surface area contributed by atoms with Crippen LogP contribution in [0.15, 0.2) is 30.3 Å². The molecule has 6 nitrogen and oxygen atoms in total. The molecule has 0 heterocycles. The van der Waals surface area contributed by atoms with Gasteiger partial charge in [0, 0.05) is 6.42 Å². The molecule has 1 aromatic rings. The smallest absolute Gasteiger partial charge is 0.325 e. The largest absolute Gasteiger partial charge is 0.462 e. The van der Waals surface area contributed by atoms with Crippen molar-refractivity contribution in [3.8, 4) is 0 Å². The molecule has 6 heteroatoms. The zero-order valence-corrected chi connectivity index (χ0v) is 29.3. The van der Waals surface area contributed by atoms with Crippen molar-refractivity contribution in [3.63, 3.8) is 0 Å². The highest BCUT2D eigenvalue weighted by atomic mass is 16.5. The third kappa shape index (κ3) is 26.5. The van der Waals surface area contributed by atoms with Crippen molar-refractivity contribution < 1.29 is 23.9 Å². The molecule has 1 atom stereocenters. The van der Waals surface area contributed by atoms with Gasteiger partial charge in [-0.15, -0.1) is 0 Å². The Kier molecular flexibility index (Phi) is 26.3. The summed E-state index contributed by atoms with van der Waals surface area (Å²) in [6.07, 6.45) is 25.2. The van der Waals surface area contributed by atoms with Crippen molar-refractivity contribution >= 4 is 17.8 Å². The number of hydrogen-bond donors (Lipinski definition) is 1. The van der Waals surface area contributed by atoms with Gasteiger partial charge < -0.3 is 14.8 Å². The summed E-state index contributed by atoms with van der Waals surface area (Å²) >= 11 is 0. The molecule has 258 valence electrons. The summed E-state index contributed by atoms with van der Waals surface area (Å²) in [5.74, 6) is -0.172. The lowest BCUT2D eigenvalue weighted by Gasteiger charge is -2.18. The highest BCUT2D eigenvalue weighted by molar-refractivity contribution is 5.82. The zero-order valence-electron chi connectivity index (χ0n) is 29.3. The van der Waals surface area contributed by atoms with Gasteiger partial charge in [-0.1, -0.05) is 167 Å². The van der Waals surface area contributed by atoms with E-state index in [1.165, 1.54) is 96.3 Å². The van der Waals surface area contributed by atoms with Crippen LogP contribution in [0.25, 0.3) is 0 Å². The molecule has 1 amide bonds. The highest BCUT2D eigenvalue weighted by Crippen LogP contribution is 2.17. The molecule has 0 aromatic heterocycles. The van der Waals surface area contributed by atoms with E-state index in [-0.39, 0.29) is 31.4 Å². The number of nitrogens with one attached hydrogen (secondary N) is 1. The van der Waals surface area contributed by atoms with Crippen LogP contribution in [0.3, 0.4) is 0 Å². The minimum atomic E-state index is -0.485. The number of benzene rings is 1. The predicted molar refractivity (Wildman–Crippen MR) is 186 cm³/mol. The SMILES string of the molecule is CCCCCCCCCCCC(CC(=O)NCC(=O)OCc1ccccc1)OC(=O)CCCCCCCCCCCCC(C)C. The summed E-state index contributed by atoms with van der Waals surface area (Å²) in [6.45, 7) is 6.81. The summed E-state index contributed by atoms with van der Waals surface area (Å²) < 4.78 is 11.1. The van der Waals surface area contributed by atoms with Gasteiger partial charge in [0.05, 0.1) is 6.42 Å². The van der Waals surface area contributed by atoms with Crippen LogP contribution in [0, 0.1) is 5.92 Å². The maximum absolute atomic E-state index is 12.7. The van der Waals surface area contributed by atoms with Gasteiger partial charge in [0.2, 0.25) is 5.91 Å². The Morgan fingerprint density at radius 2 is 1.16 bits per heavy atom. The van der Waals surface area contributed by atoms with Gasteiger partial charge in [-0.25, -0.2) is 0 Å². The first-order valence-corrected chi connectivity index (χ1v) is 18.6. The van der Waals surface area contributed by atoms with Gasteiger partial charge in [0.15, 0.2) is 0 Å². The van der Waals surface area contributed by atoms with Crippen molar-refractivity contribution in [3.05, 3.63) is 35.9 Å². The lowest BCUT2D eigenvalue weighted by molar-refractivity contribution is -0.152. The summed E-state index contributed by atoms with van der Waals surface area (Å²) in [5, 5.41) is 2.65. The van der Waals surface area contributed by atoms with Crippen LogP contribution in [0.1, 0.15) is 174 Å². The molecule has 0 aliphatic rings. The molecule has 0 fully saturated rings. The number of amides is 1. The molecule has 0 saturated heterocycles. The summed E-state index contributed by atoms with van der Waals surface area (Å²) in [6, 6.07) is 9.45. The van der Waals surface area contributed by atoms with Gasteiger partial charge in [0.1, 0.15) is 19.3 Å². The van der Waals surface area contributed by atoms with Gasteiger partial charge in [-0.3, -0.25) is 14.4 Å². The van der Waals surface area contributed by atoms with E-state index in [1.54, 1.807) is 0 Å². The average Bonchev–Trinajstić information content (AvgIpc) is 3.02. The van der Waals surface area contributed by atoms with E-state index < -0.39 is 12.1 Å². The monoisotopic (exact) mass is 630 g/mol. The Balaban J connectivity index is 2.30. The van der Waals surface area contributed by atoms with Gasteiger partial charge in [-0.05, 0) is 30.7 Å². The molecule has 1 rings (SSSR count). The first-order valence-electron chi connectivity index (χ1n) is 18.6. The summed E-state index contributed by atoms with van der Waals surface area (Å²) in [5.41, 5.74) is 0.896. The quantitative estimate of drug-likeness (QED) is 0.0676. The van der Waals surface area contributed by atoms with Gasteiger partial charge in [0.25, 0.3) is 0 Å². The lowest BCUT2D eigenvalue weighted by Crippen LogP contribution is -2.34. The maximum atomic E-state index is 12.7. The number of carbonyl (C=O) groups is 3. The number of carbonyl (C=O) groups excluding carboxylic acids is 3. The number of unbranched alkanes of at least 4 members (excludes halogenated alkanes) is 17. The van der Waals surface area contributed by atoms with Crippen molar-refractivity contribution in [2.24, 2.45) is 5.92 Å². The Bertz CT molecular complexity index is 856. The van der Waals surface area contributed by atoms with E-state index in [4.69, 9.17) is 9.47 Å². The van der Waals surface area contributed by atoms with Gasteiger partial charge >= 0.3 is 11.9 Å². The number of rotatable bonds is 30. The van der Waals surface area contributed by atoms with E-state index in [1.807, 2.05) is 30.3 Å². The second kappa shape index (κ2) is 29.1. The Morgan fingerprint density at radius 3 is 1.71 bits per heavy atom. The Morgan fingerprint density at radius 1 is 0.644 bits per heavy atom. The molecule has 0 saturated carbocycles. The molecule has 0 bridgehead atoms. The average molecular weight is 630 g/mol. The fourth-order valence-electron chi connectivity index (χ4n) is 5.61. The van der Waals surface area contributed by atoms with E-state index in [0.29, 0.717) is 12.8 Å². The van der Waals surface area contributed by atoms with E-state index in [2.05, 4.69) is 26.1 Å². The molecule has 0 aliphatic heterocycles. The Labute approximate surface area is 276 Å². The van der Waals surface area contributed by atoms with Gasteiger partial charge in [-0.2, -0.15) is 0 Å². The predicted octanol–water partition coefficient (Wildman–Crippen LogP) is 10.4. The van der Waals surface area contributed by atoms with Crippen LogP contribution in [0.5, 0.6) is 0 Å². The molecular formula is C39H67NO5. The van der Waals surface area contributed by atoms with Crippen molar-refractivity contribution in [2.75, 3.05) is 6.54 Å². The van der Waals surface area contributed by atoms with Crippen LogP contribution in [-0.4, -0.2) is 30.5 Å². The van der Waals surface area contributed by atoms with Crippen molar-refractivity contribution in [1.82, 2.24) is 5.32 Å². The lowest BCUT2D eigenvalue weighted by atomic mass is 10.0. The van der Waals surface area contributed by atoms with Crippen LogP contribution in [-0.2, 0) is 30.5 Å². The van der Waals surface area contributed by atoms with Crippen LogP contribution < -0.4 is 5.32 Å². The molecular weight excluding hydrogens is 562 g/mol. The van der Waals surface area contributed by atoms with E-state index in [9.17, 15) is 14.4 Å². The molecule has 0 aliphatic carbocycles. The molecule has 1 N–H and O–H groups in total. The normalized spacial score (nSPS) is 11.8. The minimum Gasteiger partial charge on any atom is -0.462 e. The first kappa shape index (κ1) is 40.7. The minimum absolute atomic E-state index is 0.0756. The maximum Gasteiger partial charge on any atom is 0.325 e. The summed E-state index contributed by atoms with van der Waals surface area (Å²) in [7, 11) is 0. The van der Waals surface area contributed by atoms with E-state index in [0.717, 1.165) is 43.6 Å². The van der Waals surface area contributed by atoms with Crippen molar-refractivity contribution in [1.29, 1.82) is 0 Å². The molecule has 1 aromatic carbocycles. The van der Waals surface area contributed by atoms with Crippen LogP contribution in [0.4, 0.5) is 0 Å². The Hall–Kier alpha value is -2.37. The summed E-state index contributed by atoms with van der Waals surface area (Å²) in [4.78, 5) is 37.4. The zero-order chi connectivity index (χ0) is 32.8. The highest BCUT2D eigenvalue weighted by Gasteiger charge is 2.19. The third-order valence-electron chi connectivity index (χ3n) is 8.43. The van der Waals surface area contributed by atoms with Crippen molar-refractivity contribution in [2.45, 2.75) is 181 Å². The fourth-order valence-corrected chi connectivity index (χ4v) is 5.61. The molecule has 0 spiro atoms. The second-order valence-electron chi connectivity index (χ2n) is 13.3. The molecule has 0 radical (unpaired) electrons. The molecule has 1 unspecified atom stereocenters. The van der Waals surface area contributed by atoms with Crippen LogP contribution >= 0.6 is 0 Å². The first-order chi connectivity index (χ1) is 21.9. The van der Waals surface area contributed by atoms with Crippen LogP contribution in [0.2, 0.25) is 0 Å². The van der Waals surface area contributed by atoms with E-state index >= 15 is 0 Å². The topological polar surface area (TPSA) is 81.7 Å². The molecule has 45 heavy (non-hydrogen) atoms. The number of hydrogen-bond acceptors (Lipinski definition) is 5. The number of esters is 2. The second-order valence-corrected chi connectivity index (χ2v) is 13.3.